The first-order chi connectivity index (χ1) is 4.72. The van der Waals surface area contributed by atoms with Gasteiger partial charge < -0.3 is 0 Å². The standard InChI is InChI=1S/C8H12ClN/c1-4-5-6-8(10-3)7(2)9/h5-6H,3-4H2,1-2H3/b6-5-,8-7-. The van der Waals surface area contributed by atoms with Crippen molar-refractivity contribution in [1.29, 1.82) is 0 Å². The summed E-state index contributed by atoms with van der Waals surface area (Å²) in [7, 11) is 0. The Balaban J connectivity index is 4.24. The highest BCUT2D eigenvalue weighted by molar-refractivity contribution is 6.29. The maximum Gasteiger partial charge on any atom is 0.0761 e. The summed E-state index contributed by atoms with van der Waals surface area (Å²) in [4.78, 5) is 3.74. The summed E-state index contributed by atoms with van der Waals surface area (Å²) in [5.41, 5.74) is 0.753. The molecule has 2 heteroatoms. The molecule has 0 atom stereocenters. The van der Waals surface area contributed by atoms with Crippen LogP contribution in [0.3, 0.4) is 0 Å². The van der Waals surface area contributed by atoms with Gasteiger partial charge in [-0.2, -0.15) is 0 Å². The maximum absolute atomic E-state index is 5.67. The fourth-order valence-electron chi connectivity index (χ4n) is 0.506. The monoisotopic (exact) mass is 157 g/mol. The van der Waals surface area contributed by atoms with Crippen molar-refractivity contribution < 1.29 is 0 Å². The third kappa shape index (κ3) is 3.46. The third-order valence-corrected chi connectivity index (χ3v) is 1.23. The number of allylic oxidation sites excluding steroid dienone is 3. The highest BCUT2D eigenvalue weighted by atomic mass is 35.5. The summed E-state index contributed by atoms with van der Waals surface area (Å²) in [6, 6.07) is 0. The van der Waals surface area contributed by atoms with Crippen LogP contribution < -0.4 is 0 Å². The van der Waals surface area contributed by atoms with Crippen LogP contribution in [-0.4, -0.2) is 6.72 Å². The Morgan fingerprint density at radius 3 is 2.60 bits per heavy atom. The average molecular weight is 158 g/mol. The number of hydrogen-bond donors (Lipinski definition) is 0. The van der Waals surface area contributed by atoms with E-state index in [0.717, 1.165) is 12.1 Å². The molecule has 0 saturated heterocycles. The summed E-state index contributed by atoms with van der Waals surface area (Å²) in [5, 5.41) is 0.680. The van der Waals surface area contributed by atoms with Crippen LogP contribution in [0.4, 0.5) is 0 Å². The summed E-state index contributed by atoms with van der Waals surface area (Å²) >= 11 is 5.67. The number of hydrogen-bond acceptors (Lipinski definition) is 1. The Morgan fingerprint density at radius 2 is 2.30 bits per heavy atom. The Morgan fingerprint density at radius 1 is 1.70 bits per heavy atom. The van der Waals surface area contributed by atoms with Crippen molar-refractivity contribution in [3.05, 3.63) is 22.9 Å². The molecule has 0 radical (unpaired) electrons. The molecule has 10 heavy (non-hydrogen) atoms. The normalized spacial score (nSPS) is 13.5. The van der Waals surface area contributed by atoms with Crippen molar-refractivity contribution in [3.8, 4) is 0 Å². The SMILES string of the molecule is C=NC(/C=C\CC)=C(/C)Cl. The molecule has 0 N–H and O–H groups in total. The average Bonchev–Trinajstić information content (AvgIpc) is 1.89. The molecular formula is C8H12ClN. The van der Waals surface area contributed by atoms with Gasteiger partial charge in [-0.15, -0.1) is 0 Å². The van der Waals surface area contributed by atoms with Gasteiger partial charge in [0.1, 0.15) is 0 Å². The first kappa shape index (κ1) is 9.44. The van der Waals surface area contributed by atoms with Crippen molar-refractivity contribution in [1.82, 2.24) is 0 Å². The van der Waals surface area contributed by atoms with Gasteiger partial charge >= 0.3 is 0 Å². The minimum atomic E-state index is 0.680. The van der Waals surface area contributed by atoms with Crippen molar-refractivity contribution in [2.45, 2.75) is 20.3 Å². The zero-order valence-corrected chi connectivity index (χ0v) is 7.15. The van der Waals surface area contributed by atoms with Crippen LogP contribution in [0.1, 0.15) is 20.3 Å². The predicted octanol–water partition coefficient (Wildman–Crippen LogP) is 3.12. The molecule has 0 aliphatic rings. The first-order valence-electron chi connectivity index (χ1n) is 3.22. The van der Waals surface area contributed by atoms with Gasteiger partial charge in [0.2, 0.25) is 0 Å². The molecule has 0 heterocycles. The van der Waals surface area contributed by atoms with E-state index in [4.69, 9.17) is 11.6 Å². The smallest absolute Gasteiger partial charge is 0.0761 e. The highest BCUT2D eigenvalue weighted by Crippen LogP contribution is 2.10. The molecule has 56 valence electrons. The van der Waals surface area contributed by atoms with Crippen LogP contribution in [0.25, 0.3) is 0 Å². The number of halogens is 1. The van der Waals surface area contributed by atoms with Gasteiger partial charge in [0.15, 0.2) is 0 Å². The maximum atomic E-state index is 5.67. The highest BCUT2D eigenvalue weighted by Gasteiger charge is 1.89. The third-order valence-electron chi connectivity index (χ3n) is 1.03. The van der Waals surface area contributed by atoms with Gasteiger partial charge in [0.05, 0.1) is 5.70 Å². The Bertz CT molecular complexity index is 164. The van der Waals surface area contributed by atoms with Crippen LogP contribution in [0.2, 0.25) is 0 Å². The zero-order chi connectivity index (χ0) is 7.98. The fourth-order valence-corrected chi connectivity index (χ4v) is 0.629. The number of aliphatic imine (C=N–C) groups is 1. The zero-order valence-electron chi connectivity index (χ0n) is 6.39. The van der Waals surface area contributed by atoms with Crippen LogP contribution >= 0.6 is 11.6 Å². The minimum absolute atomic E-state index is 0.680. The topological polar surface area (TPSA) is 12.4 Å². The summed E-state index contributed by atoms with van der Waals surface area (Å²) in [5.74, 6) is 0. The lowest BCUT2D eigenvalue weighted by molar-refractivity contribution is 1.21. The molecule has 0 aromatic rings. The van der Waals surface area contributed by atoms with E-state index in [1.54, 1.807) is 6.92 Å². The van der Waals surface area contributed by atoms with Crippen molar-refractivity contribution in [2.24, 2.45) is 4.99 Å². The van der Waals surface area contributed by atoms with E-state index in [9.17, 15) is 0 Å². The van der Waals surface area contributed by atoms with E-state index >= 15 is 0 Å². The summed E-state index contributed by atoms with van der Waals surface area (Å²) < 4.78 is 0. The predicted molar refractivity (Wildman–Crippen MR) is 47.5 cm³/mol. The van der Waals surface area contributed by atoms with E-state index in [0.29, 0.717) is 5.03 Å². The lowest BCUT2D eigenvalue weighted by atomic mass is 10.3. The molecule has 0 unspecified atom stereocenters. The molecule has 0 saturated carbocycles. The largest absolute Gasteiger partial charge is 0.263 e. The second kappa shape index (κ2) is 5.24. The van der Waals surface area contributed by atoms with E-state index in [1.165, 1.54) is 0 Å². The van der Waals surface area contributed by atoms with Crippen LogP contribution in [-0.2, 0) is 0 Å². The van der Waals surface area contributed by atoms with Gasteiger partial charge in [0.25, 0.3) is 0 Å². The minimum Gasteiger partial charge on any atom is -0.263 e. The van der Waals surface area contributed by atoms with Gasteiger partial charge in [-0.1, -0.05) is 24.6 Å². The lowest BCUT2D eigenvalue weighted by Gasteiger charge is -1.92. The van der Waals surface area contributed by atoms with Crippen molar-refractivity contribution in [3.63, 3.8) is 0 Å². The summed E-state index contributed by atoms with van der Waals surface area (Å²) in [6.07, 6.45) is 4.86. The lowest BCUT2D eigenvalue weighted by Crippen LogP contribution is -1.72. The number of rotatable bonds is 3. The quantitative estimate of drug-likeness (QED) is 0.441. The van der Waals surface area contributed by atoms with Crippen molar-refractivity contribution in [2.75, 3.05) is 0 Å². The fraction of sp³-hybridized carbons (Fsp3) is 0.375. The molecule has 0 amide bonds. The van der Waals surface area contributed by atoms with E-state index in [1.807, 2.05) is 12.2 Å². The van der Waals surface area contributed by atoms with E-state index < -0.39 is 0 Å². The van der Waals surface area contributed by atoms with E-state index in [-0.39, 0.29) is 0 Å². The molecule has 0 aromatic carbocycles. The molecule has 0 bridgehead atoms. The molecule has 0 rings (SSSR count). The van der Waals surface area contributed by atoms with Gasteiger partial charge in [-0.3, -0.25) is 4.99 Å². The molecule has 0 aliphatic heterocycles. The summed E-state index contributed by atoms with van der Waals surface area (Å²) in [6.45, 7) is 7.25. The first-order valence-corrected chi connectivity index (χ1v) is 3.59. The molecule has 0 fully saturated rings. The molecule has 0 spiro atoms. The Hall–Kier alpha value is -0.560. The molecule has 1 nitrogen and oxygen atoms in total. The Kier molecular flexibility index (Phi) is 4.95. The van der Waals surface area contributed by atoms with Crippen molar-refractivity contribution >= 4 is 18.3 Å². The molecule has 0 aliphatic carbocycles. The van der Waals surface area contributed by atoms with Crippen LogP contribution in [0.5, 0.6) is 0 Å². The van der Waals surface area contributed by atoms with Gasteiger partial charge in [0, 0.05) is 5.03 Å². The number of nitrogens with zero attached hydrogens (tertiary/aromatic N) is 1. The molecular weight excluding hydrogens is 146 g/mol. The van der Waals surface area contributed by atoms with E-state index in [2.05, 4.69) is 18.6 Å². The van der Waals surface area contributed by atoms with Gasteiger partial charge in [-0.05, 0) is 26.1 Å². The second-order valence-electron chi connectivity index (χ2n) is 1.89. The van der Waals surface area contributed by atoms with Crippen LogP contribution in [0.15, 0.2) is 27.9 Å². The molecule has 0 aromatic heterocycles. The van der Waals surface area contributed by atoms with Crippen LogP contribution in [0, 0.1) is 0 Å². The van der Waals surface area contributed by atoms with Gasteiger partial charge in [-0.25, -0.2) is 0 Å². The second-order valence-corrected chi connectivity index (χ2v) is 2.45. The Labute approximate surface area is 67.1 Å².